The van der Waals surface area contributed by atoms with Crippen LogP contribution in [-0.2, 0) is 9.47 Å². The molecule has 0 unspecified atom stereocenters. The Morgan fingerprint density at radius 1 is 1.14 bits per heavy atom. The van der Waals surface area contributed by atoms with Gasteiger partial charge in [0.05, 0.1) is 5.57 Å². The minimum absolute atomic E-state index is 0.301. The van der Waals surface area contributed by atoms with Gasteiger partial charge in [-0.25, -0.2) is 9.98 Å². The average molecular weight is 525 g/mol. The summed E-state index contributed by atoms with van der Waals surface area (Å²) in [7, 11) is 0. The quantitative estimate of drug-likeness (QED) is 0.159. The molecule has 7 heteroatoms. The highest BCUT2D eigenvalue weighted by Crippen LogP contribution is 2.28. The van der Waals surface area contributed by atoms with Crippen LogP contribution in [0.5, 0.6) is 0 Å². The maximum Gasteiger partial charge on any atom is 0.205 e. The van der Waals surface area contributed by atoms with Gasteiger partial charge in [0.15, 0.2) is 0 Å². The fraction of sp³-hybridized carbons (Fsp3) is 0.273. The van der Waals surface area contributed by atoms with Crippen molar-refractivity contribution in [1.29, 1.82) is 0 Å². The number of nitrogens with two attached hydrogens (primary N) is 1. The molecule has 0 radical (unpaired) electrons. The number of allylic oxidation sites excluding steroid dienone is 4. The van der Waals surface area contributed by atoms with E-state index in [-0.39, 0.29) is 0 Å². The van der Waals surface area contributed by atoms with Crippen LogP contribution in [0.15, 0.2) is 79.4 Å². The fourth-order valence-corrected chi connectivity index (χ4v) is 2.58. The molecule has 1 rings (SSSR count). The number of aliphatic imine (C=N–C) groups is 2. The Labute approximate surface area is 190 Å². The molecule has 1 aromatic rings. The van der Waals surface area contributed by atoms with Gasteiger partial charge in [0.1, 0.15) is 24.8 Å². The zero-order valence-corrected chi connectivity index (χ0v) is 20.2. The number of hydrogen-bond donors (Lipinski definition) is 1. The number of nitrogens with zero attached hydrogens (tertiary/aromatic N) is 2. The van der Waals surface area contributed by atoms with E-state index in [0.717, 1.165) is 26.5 Å². The number of hydrogen-bond acceptors (Lipinski definition) is 5. The first-order valence-corrected chi connectivity index (χ1v) is 10.8. The maximum atomic E-state index is 6.24. The van der Waals surface area contributed by atoms with Gasteiger partial charge in [0.2, 0.25) is 5.88 Å². The van der Waals surface area contributed by atoms with Gasteiger partial charge >= 0.3 is 0 Å². The van der Waals surface area contributed by atoms with Crippen molar-refractivity contribution in [3.05, 3.63) is 75.0 Å². The van der Waals surface area contributed by atoms with Crippen molar-refractivity contribution < 1.29 is 9.47 Å². The van der Waals surface area contributed by atoms with Crippen LogP contribution in [0.25, 0.3) is 5.57 Å². The molecule has 0 fully saturated rings. The fourth-order valence-electron chi connectivity index (χ4n) is 2.21. The van der Waals surface area contributed by atoms with Crippen LogP contribution in [0.2, 0.25) is 0 Å². The summed E-state index contributed by atoms with van der Waals surface area (Å²) >= 11 is 6.80. The summed E-state index contributed by atoms with van der Waals surface area (Å²) in [5.74, 6) is 1.36. The first-order chi connectivity index (χ1) is 13.9. The van der Waals surface area contributed by atoms with Crippen LogP contribution in [0, 0.1) is 0 Å². The molecule has 0 aliphatic rings. The Bertz CT molecular complexity index is 823. The molecule has 2 N–H and O–H groups in total. The summed E-state index contributed by atoms with van der Waals surface area (Å²) < 4.78 is 13.3. The van der Waals surface area contributed by atoms with Gasteiger partial charge < -0.3 is 15.2 Å². The van der Waals surface area contributed by atoms with Gasteiger partial charge in [-0.2, -0.15) is 0 Å². The molecule has 5 nitrogen and oxygen atoms in total. The second-order valence-corrected chi connectivity index (χ2v) is 7.48. The Kier molecular flexibility index (Phi) is 12.0. The Morgan fingerprint density at radius 3 is 2.38 bits per heavy atom. The predicted molar refractivity (Wildman–Crippen MR) is 130 cm³/mol. The Balaban J connectivity index is 2.91. The molecule has 156 valence electrons. The van der Waals surface area contributed by atoms with E-state index < -0.39 is 0 Å². The average Bonchev–Trinajstić information content (AvgIpc) is 2.71. The van der Waals surface area contributed by atoms with Gasteiger partial charge in [-0.15, -0.1) is 0 Å². The summed E-state index contributed by atoms with van der Waals surface area (Å²) in [6.45, 7) is 10.1. The molecule has 0 aromatic heterocycles. The van der Waals surface area contributed by atoms with Crippen LogP contribution in [0.3, 0.4) is 0 Å². The van der Waals surface area contributed by atoms with Crippen molar-refractivity contribution >= 4 is 49.9 Å². The second-order valence-electron chi connectivity index (χ2n) is 5.65. The molecule has 0 amide bonds. The highest BCUT2D eigenvalue weighted by atomic mass is 79.9. The summed E-state index contributed by atoms with van der Waals surface area (Å²) in [6, 6.07) is 7.85. The molecule has 0 aliphatic heterocycles. The summed E-state index contributed by atoms with van der Waals surface area (Å²) in [6.07, 6.45) is 7.93. The summed E-state index contributed by atoms with van der Waals surface area (Å²) in [5.41, 5.74) is 7.90. The van der Waals surface area contributed by atoms with E-state index in [1.54, 1.807) is 12.4 Å². The molecule has 0 heterocycles. The van der Waals surface area contributed by atoms with E-state index in [2.05, 4.69) is 48.4 Å². The molecule has 29 heavy (non-hydrogen) atoms. The van der Waals surface area contributed by atoms with Crippen molar-refractivity contribution in [2.24, 2.45) is 15.7 Å². The van der Waals surface area contributed by atoms with Crippen molar-refractivity contribution in [1.82, 2.24) is 0 Å². The van der Waals surface area contributed by atoms with Gasteiger partial charge in [-0.3, -0.25) is 0 Å². The zero-order valence-electron chi connectivity index (χ0n) is 17.0. The van der Waals surface area contributed by atoms with E-state index in [4.69, 9.17) is 15.2 Å². The molecule has 0 spiro atoms. The van der Waals surface area contributed by atoms with E-state index in [0.29, 0.717) is 30.7 Å². The molecular weight excluding hydrogens is 498 g/mol. The smallest absolute Gasteiger partial charge is 0.205 e. The van der Waals surface area contributed by atoms with Crippen LogP contribution in [0.1, 0.15) is 32.8 Å². The zero-order chi connectivity index (χ0) is 21.6. The largest absolute Gasteiger partial charge is 0.490 e. The lowest BCUT2D eigenvalue weighted by Crippen LogP contribution is -2.09. The molecule has 0 bridgehead atoms. The van der Waals surface area contributed by atoms with Crippen molar-refractivity contribution in [3.8, 4) is 0 Å². The first-order valence-electron chi connectivity index (χ1n) is 9.18. The van der Waals surface area contributed by atoms with E-state index in [1.165, 1.54) is 0 Å². The third kappa shape index (κ3) is 9.28. The second kappa shape index (κ2) is 14.0. The number of halogens is 2. The van der Waals surface area contributed by atoms with Gasteiger partial charge in [-0.1, -0.05) is 41.1 Å². The summed E-state index contributed by atoms with van der Waals surface area (Å²) in [4.78, 5) is 8.37. The molecule has 0 aliphatic carbocycles. The molecule has 0 saturated heterocycles. The first kappa shape index (κ1) is 24.9. The Morgan fingerprint density at radius 2 is 1.79 bits per heavy atom. The SMILES string of the molecule is C=C(/N=C\C(Br)=C/C)OCCOC(=C\CC)/C(=C(N)\N=C/C)c1ccc(Br)cc1. The van der Waals surface area contributed by atoms with Crippen LogP contribution in [-0.4, -0.2) is 25.6 Å². The normalized spacial score (nSPS) is 13.7. The van der Waals surface area contributed by atoms with Crippen molar-refractivity contribution in [2.75, 3.05) is 13.2 Å². The maximum absolute atomic E-state index is 6.24. The van der Waals surface area contributed by atoms with Crippen LogP contribution in [0.4, 0.5) is 0 Å². The number of ether oxygens (including phenoxy) is 2. The van der Waals surface area contributed by atoms with Gasteiger partial charge in [-0.05, 0) is 66.5 Å². The highest BCUT2D eigenvalue weighted by molar-refractivity contribution is 9.12. The third-order valence-corrected chi connectivity index (χ3v) is 4.70. The standard InChI is InChI=1S/C22H27Br2N3O2/c1-5-8-20(29-14-13-28-16(4)27-15-18(23)6-2)21(22(25)26-7-3)17-9-11-19(24)12-10-17/h6-12,15H,4-5,13-14,25H2,1-3H3/b18-6+,20-8-,22-21-,26-7-,27-15-. The van der Waals surface area contributed by atoms with Crippen molar-refractivity contribution in [2.45, 2.75) is 27.2 Å². The summed E-state index contributed by atoms with van der Waals surface area (Å²) in [5, 5.41) is 0. The number of rotatable bonds is 11. The minimum atomic E-state index is 0.301. The Hall–Kier alpha value is -2.12. The third-order valence-electron chi connectivity index (χ3n) is 3.51. The lowest BCUT2D eigenvalue weighted by molar-refractivity contribution is 0.123. The van der Waals surface area contributed by atoms with Gasteiger partial charge in [0, 0.05) is 21.4 Å². The predicted octanol–water partition coefficient (Wildman–Crippen LogP) is 6.33. The highest BCUT2D eigenvalue weighted by Gasteiger charge is 2.14. The molecule has 0 saturated carbocycles. The van der Waals surface area contributed by atoms with E-state index in [1.807, 2.05) is 57.2 Å². The van der Waals surface area contributed by atoms with Gasteiger partial charge in [0.25, 0.3) is 0 Å². The monoisotopic (exact) mass is 523 g/mol. The van der Waals surface area contributed by atoms with Crippen molar-refractivity contribution in [3.63, 3.8) is 0 Å². The van der Waals surface area contributed by atoms with E-state index >= 15 is 0 Å². The van der Waals surface area contributed by atoms with Crippen LogP contribution < -0.4 is 5.73 Å². The molecular formula is C22H27Br2N3O2. The lowest BCUT2D eigenvalue weighted by Gasteiger charge is -2.16. The minimum Gasteiger partial charge on any atom is -0.490 e. The number of benzene rings is 1. The lowest BCUT2D eigenvalue weighted by atomic mass is 10.0. The van der Waals surface area contributed by atoms with Crippen LogP contribution >= 0.6 is 31.9 Å². The molecule has 1 aromatic carbocycles. The van der Waals surface area contributed by atoms with E-state index in [9.17, 15) is 0 Å². The topological polar surface area (TPSA) is 69.2 Å². The molecule has 0 atom stereocenters.